The van der Waals surface area contributed by atoms with E-state index in [-0.39, 0.29) is 126 Å². The summed E-state index contributed by atoms with van der Waals surface area (Å²) in [4.78, 5) is 91.0. The number of β-amino-alcohol motifs (C(OH)–C–C–N with tert-alkyl or cyclic N) is 1. The number of ether oxygens (including phenoxy) is 4. The summed E-state index contributed by atoms with van der Waals surface area (Å²) in [7, 11) is -2.75. The molecule has 32 heteroatoms. The van der Waals surface area contributed by atoms with Crippen molar-refractivity contribution in [3.05, 3.63) is 0 Å². The number of nitrogens with one attached hydrogen (secondary N) is 3. The van der Waals surface area contributed by atoms with Crippen molar-refractivity contribution in [3.63, 3.8) is 0 Å². The van der Waals surface area contributed by atoms with Crippen LogP contribution in [0.25, 0.3) is 0 Å². The number of carbonyl (C=O) groups is 6. The Hall–Kier alpha value is -2.91. The van der Waals surface area contributed by atoms with Crippen molar-refractivity contribution in [1.29, 1.82) is 0 Å². The number of ketones is 1. The molecule has 89 heavy (non-hydrogen) atoms. The van der Waals surface area contributed by atoms with E-state index in [0.29, 0.717) is 103 Å². The highest BCUT2D eigenvalue weighted by Crippen LogP contribution is 2.45. The van der Waals surface area contributed by atoms with Gasteiger partial charge in [0.25, 0.3) is 0 Å². The Bertz CT molecular complexity index is 2200. The number of rotatable bonds is 45. The number of hydrogen-bond donors (Lipinski definition) is 12. The molecule has 12 N–H and O–H groups in total. The van der Waals surface area contributed by atoms with E-state index in [4.69, 9.17) is 54.0 Å². The largest absolute Gasteiger partial charge is 0.697 e. The molecule has 5 amide bonds. The molecule has 4 heterocycles. The summed E-state index contributed by atoms with van der Waals surface area (Å²) >= 11 is 5.03. The number of aliphatic hydroxyl groups is 8. The van der Waals surface area contributed by atoms with E-state index < -0.39 is 126 Å². The average molecular weight is 1340 g/mol. The van der Waals surface area contributed by atoms with Gasteiger partial charge in [-0.2, -0.15) is 0 Å². The first-order valence-electron chi connectivity index (χ1n) is 31.6. The maximum absolute atomic E-state index is 13.7. The Morgan fingerprint density at radius 1 is 0.618 bits per heavy atom. The molecule has 0 aromatic carbocycles. The normalized spacial score (nSPS) is 28.3. The molecule has 4 fully saturated rings. The van der Waals surface area contributed by atoms with Crippen molar-refractivity contribution in [1.82, 2.24) is 25.8 Å². The van der Waals surface area contributed by atoms with Crippen LogP contribution in [0.2, 0.25) is 0 Å². The summed E-state index contributed by atoms with van der Waals surface area (Å²) in [6.07, 6.45) is -1.48. The lowest BCUT2D eigenvalue weighted by Crippen LogP contribution is -2.55. The zero-order chi connectivity index (χ0) is 65.5. The molecule has 0 aromatic heterocycles. The van der Waals surface area contributed by atoms with E-state index in [1.54, 1.807) is 13.8 Å². The van der Waals surface area contributed by atoms with Crippen LogP contribution in [0.15, 0.2) is 0 Å². The Kier molecular flexibility index (Phi) is 37.4. The van der Waals surface area contributed by atoms with E-state index in [1.807, 2.05) is 0 Å². The topological polar surface area (TPSA) is 418 Å². The fraction of sp³-hybridized carbons (Fsp3) is 0.895. The summed E-state index contributed by atoms with van der Waals surface area (Å²) < 4.78 is 57.8. The summed E-state index contributed by atoms with van der Waals surface area (Å²) in [5.41, 5.74) is 0. The fourth-order valence-electron chi connectivity index (χ4n) is 11.0. The third kappa shape index (κ3) is 28.7. The molecule has 0 spiro atoms. The van der Waals surface area contributed by atoms with Gasteiger partial charge in [0, 0.05) is 94.7 Å². The van der Waals surface area contributed by atoms with Crippen LogP contribution < -0.4 is 16.0 Å². The molecular weight excluding hydrogens is 1230 g/mol. The second-order valence-electron chi connectivity index (χ2n) is 23.5. The predicted molar refractivity (Wildman–Crippen MR) is 322 cm³/mol. The number of unbranched alkanes of at least 4 members (excludes halogenated alkanes) is 8. The molecule has 0 aromatic rings. The monoisotopic (exact) mass is 1330 g/mol. The van der Waals surface area contributed by atoms with E-state index >= 15 is 0 Å². The van der Waals surface area contributed by atoms with Gasteiger partial charge in [0.2, 0.25) is 29.5 Å². The minimum absolute atomic E-state index is 0.0390. The Labute approximate surface area is 528 Å². The Morgan fingerprint density at radius 3 is 1.71 bits per heavy atom. The van der Waals surface area contributed by atoms with Crippen molar-refractivity contribution in [2.75, 3.05) is 79.0 Å². The SMILES string of the molecule is CC(=O)NCCCCCC(=O)N1CC(O[P+](=O)OC[C@@H]2C[C@@H](O)CN2C(=O)CCCCCCC(=O)[C@H](CCCCNC(=O)CCCCOC2OC(CO)C(O)C(O)C2C)NC(=O)CCCCOC2OC(CO)C(O)C(O)C2C)C[C@H]1COP(O)(=S)OCCO. The first kappa shape index (κ1) is 78.5. The Morgan fingerprint density at radius 2 is 1.13 bits per heavy atom. The van der Waals surface area contributed by atoms with Gasteiger partial charge in [-0.15, -0.1) is 9.05 Å². The van der Waals surface area contributed by atoms with Gasteiger partial charge in [-0.1, -0.05) is 33.1 Å². The third-order valence-corrected chi connectivity index (χ3v) is 18.7. The van der Waals surface area contributed by atoms with Crippen LogP contribution in [0.5, 0.6) is 0 Å². The molecule has 4 aliphatic rings. The van der Waals surface area contributed by atoms with Gasteiger partial charge in [-0.05, 0) is 88.9 Å². The van der Waals surface area contributed by atoms with Crippen LogP contribution in [0, 0.1) is 11.8 Å². The molecule has 0 bridgehead atoms. The molecule has 4 aliphatic heterocycles. The van der Waals surface area contributed by atoms with Crippen molar-refractivity contribution in [2.24, 2.45) is 11.8 Å². The number of likely N-dealkylation sites (tertiary alicyclic amines) is 2. The average Bonchev–Trinajstić information content (AvgIpc) is 2.34. The lowest BCUT2D eigenvalue weighted by Gasteiger charge is -2.40. The second-order valence-corrected chi connectivity index (χ2v) is 27.3. The zero-order valence-electron chi connectivity index (χ0n) is 51.8. The summed E-state index contributed by atoms with van der Waals surface area (Å²) in [5, 5.41) is 88.0. The predicted octanol–water partition coefficient (Wildman–Crippen LogP) is 0.752. The third-order valence-electron chi connectivity index (χ3n) is 16.3. The van der Waals surface area contributed by atoms with Crippen LogP contribution in [0.3, 0.4) is 0 Å². The van der Waals surface area contributed by atoms with E-state index in [9.17, 15) is 74.0 Å². The van der Waals surface area contributed by atoms with Crippen LogP contribution >= 0.6 is 15.0 Å². The number of Topliss-reactive ketones (excluding diaryl/α,β-unsaturated/α-hetero) is 1. The molecule has 0 saturated carbocycles. The first-order valence-corrected chi connectivity index (χ1v) is 35.2. The zero-order valence-corrected chi connectivity index (χ0v) is 54.4. The fourth-order valence-corrected chi connectivity index (χ4v) is 12.9. The number of amides is 5. The van der Waals surface area contributed by atoms with Gasteiger partial charge in [-0.25, -0.2) is 0 Å². The molecule has 13 unspecified atom stereocenters. The van der Waals surface area contributed by atoms with Gasteiger partial charge in [0.1, 0.15) is 37.1 Å². The number of aliphatic hydroxyl groups excluding tert-OH is 8. The molecule has 17 atom stereocenters. The van der Waals surface area contributed by atoms with Crippen LogP contribution in [-0.4, -0.2) is 249 Å². The van der Waals surface area contributed by atoms with Crippen LogP contribution in [0.4, 0.5) is 0 Å². The smallest absolute Gasteiger partial charge is 0.394 e. The van der Waals surface area contributed by atoms with E-state index in [2.05, 4.69) is 16.0 Å². The van der Waals surface area contributed by atoms with Crippen molar-refractivity contribution < 1.29 is 116 Å². The van der Waals surface area contributed by atoms with Gasteiger partial charge in [0.15, 0.2) is 18.4 Å². The van der Waals surface area contributed by atoms with E-state index in [0.717, 1.165) is 0 Å². The lowest BCUT2D eigenvalue weighted by molar-refractivity contribution is -0.282. The molecule has 29 nitrogen and oxygen atoms in total. The highest BCUT2D eigenvalue weighted by Gasteiger charge is 2.45. The molecular formula is C57H102N5O24P2S+. The van der Waals surface area contributed by atoms with Gasteiger partial charge < -0.3 is 99.5 Å². The highest BCUT2D eigenvalue weighted by molar-refractivity contribution is 8.07. The number of hydrogen-bond acceptors (Lipinski definition) is 24. The molecule has 0 aliphatic carbocycles. The first-order chi connectivity index (χ1) is 42.5. The number of nitrogens with zero attached hydrogens (tertiary/aromatic N) is 2. The van der Waals surface area contributed by atoms with E-state index in [1.165, 1.54) is 16.7 Å². The van der Waals surface area contributed by atoms with Gasteiger partial charge in [0.05, 0.1) is 76.0 Å². The van der Waals surface area contributed by atoms with Crippen molar-refractivity contribution in [2.45, 2.75) is 235 Å². The minimum atomic E-state index is -3.74. The van der Waals surface area contributed by atoms with Crippen LogP contribution in [0.1, 0.15) is 156 Å². The minimum Gasteiger partial charge on any atom is -0.394 e. The Balaban J connectivity index is 1.19. The van der Waals surface area contributed by atoms with Crippen LogP contribution in [-0.2, 0) is 82.2 Å². The van der Waals surface area contributed by atoms with Crippen molar-refractivity contribution in [3.8, 4) is 0 Å². The van der Waals surface area contributed by atoms with Crippen molar-refractivity contribution >= 4 is 62.1 Å². The molecule has 4 rings (SSSR count). The highest BCUT2D eigenvalue weighted by atomic mass is 32.5. The quantitative estimate of drug-likeness (QED) is 0.0296. The summed E-state index contributed by atoms with van der Waals surface area (Å²) in [5.74, 6) is -2.36. The van der Waals surface area contributed by atoms with Gasteiger partial charge >= 0.3 is 15.0 Å². The molecule has 0 radical (unpaired) electrons. The molecule has 514 valence electrons. The maximum atomic E-state index is 13.7. The second kappa shape index (κ2) is 42.4. The summed E-state index contributed by atoms with van der Waals surface area (Å²) in [6.45, 7) is 0.335. The molecule has 4 saturated heterocycles. The maximum Gasteiger partial charge on any atom is 0.697 e. The van der Waals surface area contributed by atoms with Gasteiger partial charge in [-0.3, -0.25) is 28.8 Å². The standard InChI is InChI=1S/C57H101N5O24P2S/c1-37-52(73)54(75)46(33-64)84-56(37)79-26-15-11-19-48(69)59-24-14-10-17-44(60-49(70)20-12-16-27-80-57-38(2)53(74)55(76)47(34-65)85-57)45(68)18-7-4-5-8-21-50(71)61-31-42(67)29-40(61)35-81-87(77)86-43-30-41(36-83-88(78,89)82-28-25-63)62(32-43)51(72)22-9-6-13-23-58-39(3)66/h37-38,40-44,46-47,52-57,63-65,67,73-76H,4-36H2,1-3H3,(H3-,58,59,60,66,69,70,78,89)/p+1/t37?,38?,40-,41-,42+,43?,44-,46?,47?,52?,53?,54?,55?,56?,57?,88?/m0/s1. The lowest BCUT2D eigenvalue weighted by atomic mass is 9.92. The number of carbonyl (C=O) groups excluding carboxylic acids is 6. The summed E-state index contributed by atoms with van der Waals surface area (Å²) in [6, 6.07) is -2.00.